The number of fused-ring (bicyclic) bond motifs is 1. The number of nitrogens with one attached hydrogen (secondary N) is 3. The maximum atomic E-state index is 13.7. The predicted octanol–water partition coefficient (Wildman–Crippen LogP) is 2.44. The summed E-state index contributed by atoms with van der Waals surface area (Å²) in [6, 6.07) is 6.59. The molecule has 0 aliphatic rings. The Hall–Kier alpha value is -3.69. The average molecular weight is 358 g/mol. The van der Waals surface area contributed by atoms with Crippen LogP contribution >= 0.6 is 0 Å². The molecule has 2 heterocycles. The first-order chi connectivity index (χ1) is 12.4. The van der Waals surface area contributed by atoms with Crippen molar-refractivity contribution in [2.75, 3.05) is 5.32 Å². The summed E-state index contributed by atoms with van der Waals surface area (Å²) in [6.45, 7) is 1.66. The van der Waals surface area contributed by atoms with E-state index in [1.807, 2.05) is 0 Å². The van der Waals surface area contributed by atoms with Gasteiger partial charge in [-0.05, 0) is 13.0 Å². The van der Waals surface area contributed by atoms with Gasteiger partial charge in [0.05, 0.1) is 16.9 Å². The van der Waals surface area contributed by atoms with Crippen molar-refractivity contribution in [2.45, 2.75) is 13.0 Å². The van der Waals surface area contributed by atoms with Crippen LogP contribution in [0, 0.1) is 5.82 Å². The summed E-state index contributed by atoms with van der Waals surface area (Å²) in [6.07, 6.45) is 0.370. The van der Waals surface area contributed by atoms with Crippen LogP contribution in [0.1, 0.15) is 18.5 Å². The molecule has 0 fully saturated rings. The molecule has 3 amide bonds. The summed E-state index contributed by atoms with van der Waals surface area (Å²) in [5, 5.41) is 12.0. The largest absolute Gasteiger partial charge is 0.411 e. The molecule has 2 aromatic heterocycles. The topological polar surface area (TPSA) is 135 Å². The van der Waals surface area contributed by atoms with Crippen LogP contribution in [0.5, 0.6) is 5.88 Å². The number of nitrogens with two attached hydrogens (primary N) is 1. The van der Waals surface area contributed by atoms with Gasteiger partial charge in [0, 0.05) is 17.8 Å². The number of nitrogens with zero attached hydrogens (tertiary/aromatic N) is 2. The number of urea groups is 1. The van der Waals surface area contributed by atoms with E-state index in [-0.39, 0.29) is 11.7 Å². The Morgan fingerprint density at radius 3 is 2.85 bits per heavy atom. The zero-order chi connectivity index (χ0) is 18.7. The van der Waals surface area contributed by atoms with Gasteiger partial charge in [-0.2, -0.15) is 0 Å². The monoisotopic (exact) mass is 358 g/mol. The quantitative estimate of drug-likeness (QED) is 0.568. The SMILES string of the molecule is C[C@@H](NC(=O)Nc1cc2[nH]nc(OC(N)=O)c2cn1)c1ccccc1F. The molecule has 10 heteroatoms. The molecule has 0 saturated heterocycles. The third-order valence-electron chi connectivity index (χ3n) is 3.57. The van der Waals surface area contributed by atoms with Crippen molar-refractivity contribution in [3.05, 3.63) is 47.9 Å². The number of carbonyl (C=O) groups is 2. The van der Waals surface area contributed by atoms with Crippen molar-refractivity contribution in [1.82, 2.24) is 20.5 Å². The molecule has 0 aliphatic carbocycles. The van der Waals surface area contributed by atoms with Gasteiger partial charge >= 0.3 is 12.1 Å². The molecule has 0 radical (unpaired) electrons. The van der Waals surface area contributed by atoms with E-state index >= 15 is 0 Å². The highest BCUT2D eigenvalue weighted by molar-refractivity contribution is 5.92. The number of H-pyrrole nitrogens is 1. The minimum atomic E-state index is -0.998. The lowest BCUT2D eigenvalue weighted by molar-refractivity contribution is 0.209. The molecule has 1 aromatic carbocycles. The second-order valence-corrected chi connectivity index (χ2v) is 5.41. The van der Waals surface area contributed by atoms with Crippen LogP contribution < -0.4 is 21.1 Å². The van der Waals surface area contributed by atoms with Crippen molar-refractivity contribution in [2.24, 2.45) is 5.73 Å². The van der Waals surface area contributed by atoms with Crippen LogP contribution in [-0.2, 0) is 0 Å². The number of ether oxygens (including phenoxy) is 1. The molecule has 0 aliphatic heterocycles. The molecule has 0 bridgehead atoms. The highest BCUT2D eigenvalue weighted by Crippen LogP contribution is 2.23. The molecule has 9 nitrogen and oxygen atoms in total. The molecule has 26 heavy (non-hydrogen) atoms. The highest BCUT2D eigenvalue weighted by Gasteiger charge is 2.15. The Morgan fingerprint density at radius 2 is 2.12 bits per heavy atom. The van der Waals surface area contributed by atoms with E-state index in [1.54, 1.807) is 25.1 Å². The van der Waals surface area contributed by atoms with Gasteiger partial charge in [0.15, 0.2) is 0 Å². The van der Waals surface area contributed by atoms with E-state index in [4.69, 9.17) is 10.5 Å². The van der Waals surface area contributed by atoms with Crippen LogP contribution in [0.2, 0.25) is 0 Å². The number of primary amides is 1. The lowest BCUT2D eigenvalue weighted by Gasteiger charge is -2.15. The van der Waals surface area contributed by atoms with Crippen molar-refractivity contribution >= 4 is 28.8 Å². The van der Waals surface area contributed by atoms with Crippen LogP contribution in [0.3, 0.4) is 0 Å². The summed E-state index contributed by atoms with van der Waals surface area (Å²) in [5.41, 5.74) is 5.80. The van der Waals surface area contributed by atoms with Crippen molar-refractivity contribution in [3.63, 3.8) is 0 Å². The standard InChI is InChI=1S/C16H15FN6O3/c1-8(9-4-2-3-5-11(9)17)20-16(25)21-13-6-12-10(7-19-13)14(23-22-12)26-15(18)24/h2-8H,1H3,(H2,18,24)(H,22,23)(H2,19,20,21,25)/t8-/m1/s1. The van der Waals surface area contributed by atoms with Crippen molar-refractivity contribution in [1.29, 1.82) is 0 Å². The number of hydrogen-bond acceptors (Lipinski definition) is 5. The number of amides is 3. The van der Waals surface area contributed by atoms with Gasteiger partial charge in [-0.1, -0.05) is 18.2 Å². The van der Waals surface area contributed by atoms with Gasteiger partial charge in [0.25, 0.3) is 5.88 Å². The number of aromatic nitrogens is 3. The Balaban J connectivity index is 1.69. The van der Waals surface area contributed by atoms with E-state index < -0.39 is 24.0 Å². The minimum absolute atomic E-state index is 0.0100. The fourth-order valence-corrected chi connectivity index (χ4v) is 2.38. The summed E-state index contributed by atoms with van der Waals surface area (Å²) < 4.78 is 18.5. The first-order valence-corrected chi connectivity index (χ1v) is 7.57. The number of carbonyl (C=O) groups excluding carboxylic acids is 2. The maximum Gasteiger partial charge on any atom is 0.411 e. The molecule has 134 valence electrons. The van der Waals surface area contributed by atoms with Gasteiger partial charge in [-0.3, -0.25) is 10.4 Å². The minimum Gasteiger partial charge on any atom is -0.389 e. The third kappa shape index (κ3) is 3.69. The van der Waals surface area contributed by atoms with Gasteiger partial charge in [0.1, 0.15) is 11.6 Å². The van der Waals surface area contributed by atoms with Crippen LogP contribution in [0.15, 0.2) is 36.5 Å². The molecule has 1 atom stereocenters. The summed E-state index contributed by atoms with van der Waals surface area (Å²) in [4.78, 5) is 26.9. The Morgan fingerprint density at radius 1 is 1.35 bits per heavy atom. The van der Waals surface area contributed by atoms with Gasteiger partial charge < -0.3 is 15.8 Å². The first-order valence-electron chi connectivity index (χ1n) is 7.57. The van der Waals surface area contributed by atoms with Crippen molar-refractivity contribution in [3.8, 4) is 5.88 Å². The number of aromatic amines is 1. The molecule has 3 aromatic rings. The van der Waals surface area contributed by atoms with Gasteiger partial charge in [0.2, 0.25) is 0 Å². The van der Waals surface area contributed by atoms with Gasteiger partial charge in [-0.25, -0.2) is 19.0 Å². The molecule has 0 unspecified atom stereocenters. The second-order valence-electron chi connectivity index (χ2n) is 5.41. The van der Waals surface area contributed by atoms with Crippen LogP contribution in [-0.4, -0.2) is 27.3 Å². The number of hydrogen-bond donors (Lipinski definition) is 4. The third-order valence-corrected chi connectivity index (χ3v) is 3.57. The fourth-order valence-electron chi connectivity index (χ4n) is 2.38. The van der Waals surface area contributed by atoms with Crippen molar-refractivity contribution < 1.29 is 18.7 Å². The highest BCUT2D eigenvalue weighted by atomic mass is 19.1. The number of halogens is 1. The number of anilines is 1. The number of benzene rings is 1. The molecule has 3 rings (SSSR count). The lowest BCUT2D eigenvalue weighted by Crippen LogP contribution is -2.31. The predicted molar refractivity (Wildman–Crippen MR) is 91.1 cm³/mol. The zero-order valence-corrected chi connectivity index (χ0v) is 13.6. The Labute approximate surface area is 146 Å². The molecule has 0 spiro atoms. The Kier molecular flexibility index (Phi) is 4.65. The normalized spacial score (nSPS) is 11.8. The summed E-state index contributed by atoms with van der Waals surface area (Å²) >= 11 is 0. The lowest BCUT2D eigenvalue weighted by atomic mass is 10.1. The molecule has 5 N–H and O–H groups in total. The number of pyridine rings is 1. The van der Waals surface area contributed by atoms with E-state index in [0.717, 1.165) is 0 Å². The van der Waals surface area contributed by atoms with Crippen LogP contribution in [0.4, 0.5) is 19.8 Å². The van der Waals surface area contributed by atoms with E-state index in [0.29, 0.717) is 16.5 Å². The molecule has 0 saturated carbocycles. The molecular formula is C16H15FN6O3. The van der Waals surface area contributed by atoms with E-state index in [9.17, 15) is 14.0 Å². The molecular weight excluding hydrogens is 343 g/mol. The van der Waals surface area contributed by atoms with Crippen LogP contribution in [0.25, 0.3) is 10.9 Å². The summed E-state index contributed by atoms with van der Waals surface area (Å²) in [5.74, 6) is -0.187. The fraction of sp³-hybridized carbons (Fsp3) is 0.125. The van der Waals surface area contributed by atoms with E-state index in [2.05, 4.69) is 25.8 Å². The van der Waals surface area contributed by atoms with E-state index in [1.165, 1.54) is 18.3 Å². The first kappa shape index (κ1) is 17.1. The number of rotatable bonds is 4. The second kappa shape index (κ2) is 7.05. The Bertz CT molecular complexity index is 974. The zero-order valence-electron chi connectivity index (χ0n) is 13.6. The maximum absolute atomic E-state index is 13.7. The summed E-state index contributed by atoms with van der Waals surface area (Å²) in [7, 11) is 0. The smallest absolute Gasteiger partial charge is 0.389 e. The average Bonchev–Trinajstić information content (AvgIpc) is 2.96. The van der Waals surface area contributed by atoms with Gasteiger partial charge in [-0.15, -0.1) is 5.10 Å².